The maximum absolute atomic E-state index is 12.9. The van der Waals surface area contributed by atoms with E-state index in [1.54, 1.807) is 0 Å². The van der Waals surface area contributed by atoms with Crippen LogP contribution in [-0.4, -0.2) is 84.7 Å². The largest absolute Gasteiger partial charge is 0.373 e. The summed E-state index contributed by atoms with van der Waals surface area (Å²) in [6, 6.07) is 11.8. The molecule has 8 heteroatoms. The van der Waals surface area contributed by atoms with E-state index in [-0.39, 0.29) is 30.7 Å². The van der Waals surface area contributed by atoms with Crippen LogP contribution in [0.25, 0.3) is 5.57 Å². The number of piperazine rings is 1. The topological polar surface area (TPSA) is 88.9 Å². The van der Waals surface area contributed by atoms with Crippen LogP contribution in [0.3, 0.4) is 0 Å². The average molecular weight is 395 g/mol. The lowest BCUT2D eigenvalue weighted by atomic mass is 10.0. The molecule has 29 heavy (non-hydrogen) atoms. The number of ether oxygens (including phenoxy) is 1. The van der Waals surface area contributed by atoms with E-state index in [4.69, 9.17) is 4.74 Å². The lowest BCUT2D eigenvalue weighted by Crippen LogP contribution is -2.63. The van der Waals surface area contributed by atoms with Gasteiger partial charge in [-0.2, -0.15) is 5.26 Å². The number of piperidine rings is 1. The van der Waals surface area contributed by atoms with Crippen molar-refractivity contribution in [2.75, 3.05) is 45.9 Å². The van der Waals surface area contributed by atoms with E-state index in [2.05, 4.69) is 16.3 Å². The summed E-state index contributed by atoms with van der Waals surface area (Å²) in [5, 5.41) is 12.4. The fraction of sp³-hybridized carbons (Fsp3) is 0.476. The molecule has 2 atom stereocenters. The molecule has 0 spiro atoms. The zero-order chi connectivity index (χ0) is 20.2. The van der Waals surface area contributed by atoms with Crippen molar-refractivity contribution in [3.8, 4) is 6.07 Å². The van der Waals surface area contributed by atoms with Gasteiger partial charge in [0.25, 0.3) is 0 Å². The van der Waals surface area contributed by atoms with Gasteiger partial charge in [0, 0.05) is 45.5 Å². The summed E-state index contributed by atoms with van der Waals surface area (Å²) >= 11 is 0. The molecule has 1 aromatic carbocycles. The second-order valence-corrected chi connectivity index (χ2v) is 7.58. The highest BCUT2D eigenvalue weighted by molar-refractivity contribution is 5.79. The SMILES string of the molecule is N#C/C(=C\N1CCN(C(=O)N2CCC3OCC(=O)N[C@@H]3C2)CC1)c1ccccc1. The molecule has 1 unspecified atom stereocenters. The van der Waals surface area contributed by atoms with Crippen LogP contribution in [0.4, 0.5) is 4.79 Å². The zero-order valence-electron chi connectivity index (χ0n) is 16.3. The Balaban J connectivity index is 1.32. The van der Waals surface area contributed by atoms with Gasteiger partial charge in [-0.15, -0.1) is 0 Å². The lowest BCUT2D eigenvalue weighted by molar-refractivity contribution is -0.139. The summed E-state index contributed by atoms with van der Waals surface area (Å²) in [5.41, 5.74) is 1.52. The highest BCUT2D eigenvalue weighted by atomic mass is 16.5. The zero-order valence-corrected chi connectivity index (χ0v) is 16.3. The minimum Gasteiger partial charge on any atom is -0.373 e. The quantitative estimate of drug-likeness (QED) is 0.751. The minimum atomic E-state index is -0.123. The van der Waals surface area contributed by atoms with Crippen LogP contribution in [0.2, 0.25) is 0 Å². The number of hydrogen-bond acceptors (Lipinski definition) is 5. The van der Waals surface area contributed by atoms with Gasteiger partial charge in [-0.3, -0.25) is 4.79 Å². The molecule has 3 saturated heterocycles. The Morgan fingerprint density at radius 2 is 1.90 bits per heavy atom. The van der Waals surface area contributed by atoms with Gasteiger partial charge in [-0.25, -0.2) is 4.79 Å². The second-order valence-electron chi connectivity index (χ2n) is 7.58. The molecular weight excluding hydrogens is 370 g/mol. The first-order chi connectivity index (χ1) is 14.1. The number of carbonyl (C=O) groups is 2. The summed E-state index contributed by atoms with van der Waals surface area (Å²) in [7, 11) is 0. The normalized spacial score (nSPS) is 25.1. The fourth-order valence-corrected chi connectivity index (χ4v) is 4.08. The van der Waals surface area contributed by atoms with E-state index in [0.717, 1.165) is 12.0 Å². The molecule has 4 rings (SSSR count). The molecule has 1 aromatic rings. The molecule has 0 bridgehead atoms. The molecule has 152 valence electrons. The number of carbonyl (C=O) groups excluding carboxylic acids is 2. The van der Waals surface area contributed by atoms with E-state index in [1.807, 2.05) is 46.3 Å². The third-order valence-electron chi connectivity index (χ3n) is 5.70. The number of nitrogens with zero attached hydrogens (tertiary/aromatic N) is 4. The monoisotopic (exact) mass is 395 g/mol. The van der Waals surface area contributed by atoms with Crippen LogP contribution < -0.4 is 5.32 Å². The number of amides is 3. The highest BCUT2D eigenvalue weighted by Crippen LogP contribution is 2.20. The van der Waals surface area contributed by atoms with E-state index < -0.39 is 0 Å². The predicted octanol–water partition coefficient (Wildman–Crippen LogP) is 0.878. The summed E-state index contributed by atoms with van der Waals surface area (Å²) in [5.74, 6) is -0.118. The van der Waals surface area contributed by atoms with Gasteiger partial charge in [0.15, 0.2) is 0 Å². The number of urea groups is 1. The number of nitriles is 1. The molecule has 3 aliphatic heterocycles. The number of benzene rings is 1. The van der Waals surface area contributed by atoms with Gasteiger partial charge in [0.2, 0.25) is 5.91 Å². The molecule has 8 nitrogen and oxygen atoms in total. The van der Waals surface area contributed by atoms with E-state index in [0.29, 0.717) is 44.8 Å². The Morgan fingerprint density at radius 3 is 2.62 bits per heavy atom. The van der Waals surface area contributed by atoms with Crippen molar-refractivity contribution in [1.82, 2.24) is 20.0 Å². The number of nitrogens with one attached hydrogen (secondary N) is 1. The van der Waals surface area contributed by atoms with Crippen LogP contribution >= 0.6 is 0 Å². The van der Waals surface area contributed by atoms with Gasteiger partial charge in [-0.05, 0) is 12.0 Å². The molecule has 3 amide bonds. The van der Waals surface area contributed by atoms with Crippen molar-refractivity contribution in [3.05, 3.63) is 42.1 Å². The number of allylic oxidation sites excluding steroid dienone is 1. The van der Waals surface area contributed by atoms with Gasteiger partial charge in [0.1, 0.15) is 12.7 Å². The third-order valence-corrected chi connectivity index (χ3v) is 5.70. The fourth-order valence-electron chi connectivity index (χ4n) is 4.08. The van der Waals surface area contributed by atoms with Crippen molar-refractivity contribution < 1.29 is 14.3 Å². The summed E-state index contributed by atoms with van der Waals surface area (Å²) < 4.78 is 5.56. The standard InChI is InChI=1S/C21H25N5O3/c22-12-17(16-4-2-1-3-5-16)13-24-8-10-25(11-9-24)21(28)26-7-6-19-18(14-26)23-20(27)15-29-19/h1-5,13,18-19H,6-11,14-15H2,(H,23,27)/b17-13+/t18-,19?/m1/s1. The van der Waals surface area contributed by atoms with Crippen molar-refractivity contribution in [2.24, 2.45) is 0 Å². The Bertz CT molecular complexity index is 826. The molecule has 3 heterocycles. The molecule has 0 radical (unpaired) electrons. The van der Waals surface area contributed by atoms with Gasteiger partial charge in [0.05, 0.1) is 17.7 Å². The van der Waals surface area contributed by atoms with Gasteiger partial charge in [-0.1, -0.05) is 30.3 Å². The summed E-state index contributed by atoms with van der Waals surface area (Å²) in [4.78, 5) is 30.2. The third kappa shape index (κ3) is 4.35. The minimum absolute atomic E-state index is 0.00104. The Kier molecular flexibility index (Phi) is 5.67. The van der Waals surface area contributed by atoms with E-state index in [9.17, 15) is 14.9 Å². The second kappa shape index (κ2) is 8.53. The first-order valence-corrected chi connectivity index (χ1v) is 10.0. The Hall–Kier alpha value is -3.05. The number of likely N-dealkylation sites (tertiary alicyclic amines) is 1. The van der Waals surface area contributed by atoms with Crippen molar-refractivity contribution in [1.29, 1.82) is 5.26 Å². The van der Waals surface area contributed by atoms with Crippen LogP contribution in [0.1, 0.15) is 12.0 Å². The number of fused-ring (bicyclic) bond motifs is 1. The van der Waals surface area contributed by atoms with Crippen LogP contribution in [0.15, 0.2) is 36.5 Å². The molecule has 3 aliphatic rings. The molecule has 0 aromatic heterocycles. The number of hydrogen-bond donors (Lipinski definition) is 1. The van der Waals surface area contributed by atoms with Crippen LogP contribution in [0.5, 0.6) is 0 Å². The first-order valence-electron chi connectivity index (χ1n) is 10.0. The average Bonchev–Trinajstić information content (AvgIpc) is 2.77. The molecule has 0 aliphatic carbocycles. The Labute approximate surface area is 170 Å². The maximum Gasteiger partial charge on any atom is 0.320 e. The smallest absolute Gasteiger partial charge is 0.320 e. The molecule has 0 saturated carbocycles. The van der Waals surface area contributed by atoms with Gasteiger partial charge < -0.3 is 24.8 Å². The van der Waals surface area contributed by atoms with E-state index >= 15 is 0 Å². The van der Waals surface area contributed by atoms with Crippen molar-refractivity contribution in [3.63, 3.8) is 0 Å². The predicted molar refractivity (Wildman–Crippen MR) is 106 cm³/mol. The lowest BCUT2D eigenvalue weighted by Gasteiger charge is -2.43. The maximum atomic E-state index is 12.9. The highest BCUT2D eigenvalue weighted by Gasteiger charge is 2.37. The van der Waals surface area contributed by atoms with Crippen LogP contribution in [-0.2, 0) is 9.53 Å². The number of morpholine rings is 1. The van der Waals surface area contributed by atoms with Crippen molar-refractivity contribution >= 4 is 17.5 Å². The van der Waals surface area contributed by atoms with Gasteiger partial charge >= 0.3 is 6.03 Å². The number of rotatable bonds is 2. The molecular formula is C21H25N5O3. The molecule has 1 N–H and O–H groups in total. The first kappa shape index (κ1) is 19.3. The van der Waals surface area contributed by atoms with Crippen LogP contribution in [0, 0.1) is 11.3 Å². The Morgan fingerprint density at radius 1 is 1.14 bits per heavy atom. The summed E-state index contributed by atoms with van der Waals surface area (Å²) in [6.45, 7) is 3.82. The van der Waals surface area contributed by atoms with Crippen molar-refractivity contribution in [2.45, 2.75) is 18.6 Å². The molecule has 3 fully saturated rings. The van der Waals surface area contributed by atoms with E-state index in [1.165, 1.54) is 0 Å². The summed E-state index contributed by atoms with van der Waals surface area (Å²) in [6.07, 6.45) is 2.63.